The average molecular weight is 281 g/mol. The van der Waals surface area contributed by atoms with Crippen LogP contribution in [-0.4, -0.2) is 24.7 Å². The zero-order valence-corrected chi connectivity index (χ0v) is 11.0. The molecule has 0 saturated heterocycles. The zero-order valence-electron chi connectivity index (χ0n) is 8.70. The van der Waals surface area contributed by atoms with E-state index in [-0.39, 0.29) is 5.56 Å². The van der Waals surface area contributed by atoms with Crippen molar-refractivity contribution in [3.63, 3.8) is 0 Å². The van der Waals surface area contributed by atoms with Gasteiger partial charge in [-0.05, 0) is 19.1 Å². The SMILES string of the molecule is CC(Cl)(C(=O)c1cccc(Cl)c1)S(C)(=O)=O. The van der Waals surface area contributed by atoms with Crippen molar-refractivity contribution in [2.75, 3.05) is 6.26 Å². The molecule has 0 aliphatic carbocycles. The second kappa shape index (κ2) is 4.35. The molecule has 3 nitrogen and oxygen atoms in total. The van der Waals surface area contributed by atoms with Crippen molar-refractivity contribution >= 4 is 38.8 Å². The number of benzene rings is 1. The largest absolute Gasteiger partial charge is 0.291 e. The molecule has 88 valence electrons. The van der Waals surface area contributed by atoms with Gasteiger partial charge in [0, 0.05) is 16.8 Å². The maximum absolute atomic E-state index is 11.9. The summed E-state index contributed by atoms with van der Waals surface area (Å²) < 4.78 is 20.8. The first-order valence-electron chi connectivity index (χ1n) is 4.35. The summed E-state index contributed by atoms with van der Waals surface area (Å²) in [5, 5.41) is 0.354. The second-order valence-corrected chi connectivity index (χ2v) is 7.31. The van der Waals surface area contributed by atoms with E-state index >= 15 is 0 Å². The summed E-state index contributed by atoms with van der Waals surface area (Å²) in [6.07, 6.45) is 0.919. The monoisotopic (exact) mass is 280 g/mol. The van der Waals surface area contributed by atoms with Crippen LogP contribution in [0.5, 0.6) is 0 Å². The minimum Gasteiger partial charge on any atom is -0.291 e. The molecule has 0 spiro atoms. The third-order valence-corrected chi connectivity index (χ3v) is 5.01. The number of rotatable bonds is 3. The third-order valence-electron chi connectivity index (χ3n) is 2.19. The number of alkyl halides is 1. The van der Waals surface area contributed by atoms with Crippen LogP contribution in [0, 0.1) is 0 Å². The molecule has 0 saturated carbocycles. The van der Waals surface area contributed by atoms with Crippen LogP contribution in [0.25, 0.3) is 0 Å². The highest BCUT2D eigenvalue weighted by Crippen LogP contribution is 2.27. The van der Waals surface area contributed by atoms with Gasteiger partial charge in [0.25, 0.3) is 0 Å². The minimum absolute atomic E-state index is 0.176. The van der Waals surface area contributed by atoms with Crippen LogP contribution < -0.4 is 0 Å². The molecule has 6 heteroatoms. The van der Waals surface area contributed by atoms with Gasteiger partial charge in [-0.15, -0.1) is 0 Å². The van der Waals surface area contributed by atoms with Gasteiger partial charge in [-0.3, -0.25) is 4.79 Å². The smallest absolute Gasteiger partial charge is 0.204 e. The quantitative estimate of drug-likeness (QED) is 0.632. The predicted octanol–water partition coefficient (Wildman–Crippen LogP) is 2.52. The van der Waals surface area contributed by atoms with E-state index in [1.54, 1.807) is 12.1 Å². The summed E-state index contributed by atoms with van der Waals surface area (Å²) in [6, 6.07) is 6.00. The number of hydrogen-bond acceptors (Lipinski definition) is 3. The van der Waals surface area contributed by atoms with Gasteiger partial charge in [0.15, 0.2) is 15.6 Å². The first-order chi connectivity index (χ1) is 7.16. The van der Waals surface area contributed by atoms with Crippen LogP contribution >= 0.6 is 23.2 Å². The fourth-order valence-corrected chi connectivity index (χ4v) is 1.81. The van der Waals surface area contributed by atoms with Gasteiger partial charge in [-0.1, -0.05) is 35.3 Å². The van der Waals surface area contributed by atoms with E-state index in [4.69, 9.17) is 23.2 Å². The Hall–Kier alpha value is -0.580. The molecule has 1 atom stereocenters. The van der Waals surface area contributed by atoms with Crippen molar-refractivity contribution in [3.05, 3.63) is 34.9 Å². The standard InChI is InChI=1S/C10H10Cl2O3S/c1-10(12,16(2,14)15)9(13)7-4-3-5-8(11)6-7/h3-6H,1-2H3. The third kappa shape index (κ3) is 2.56. The van der Waals surface area contributed by atoms with Gasteiger partial charge in [-0.25, -0.2) is 8.42 Å². The fraction of sp³-hybridized carbons (Fsp3) is 0.300. The van der Waals surface area contributed by atoms with E-state index in [1.807, 2.05) is 0 Å². The lowest BCUT2D eigenvalue weighted by Gasteiger charge is -2.18. The predicted molar refractivity (Wildman–Crippen MR) is 64.9 cm³/mol. The number of ketones is 1. The molecule has 0 amide bonds. The zero-order chi connectivity index (χ0) is 12.6. The molecule has 0 N–H and O–H groups in total. The van der Waals surface area contributed by atoms with Crippen LogP contribution in [0.3, 0.4) is 0 Å². The Balaban J connectivity index is 3.23. The Morgan fingerprint density at radius 2 is 1.94 bits per heavy atom. The first kappa shape index (κ1) is 13.5. The number of sulfone groups is 1. The average Bonchev–Trinajstić information content (AvgIpc) is 2.14. The maximum Gasteiger partial charge on any atom is 0.204 e. The number of Topliss-reactive ketones (excluding diaryl/α,β-unsaturated/α-hetero) is 1. The number of halogens is 2. The number of carbonyl (C=O) groups excluding carboxylic acids is 1. The molecule has 1 unspecified atom stereocenters. The van der Waals surface area contributed by atoms with E-state index in [2.05, 4.69) is 0 Å². The lowest BCUT2D eigenvalue weighted by molar-refractivity contribution is 0.0978. The number of carbonyl (C=O) groups is 1. The summed E-state index contributed by atoms with van der Waals surface area (Å²) in [6.45, 7) is 1.16. The van der Waals surface area contributed by atoms with Crippen molar-refractivity contribution in [1.82, 2.24) is 0 Å². The highest BCUT2D eigenvalue weighted by atomic mass is 35.5. The minimum atomic E-state index is -3.69. The summed E-state index contributed by atoms with van der Waals surface area (Å²) in [5.74, 6) is -0.681. The molecule has 0 aliphatic rings. The Kier molecular flexibility index (Phi) is 3.67. The van der Waals surface area contributed by atoms with Crippen molar-refractivity contribution in [2.24, 2.45) is 0 Å². The highest BCUT2D eigenvalue weighted by molar-refractivity contribution is 7.94. The fourth-order valence-electron chi connectivity index (χ4n) is 1.06. The van der Waals surface area contributed by atoms with Crippen LogP contribution in [0.4, 0.5) is 0 Å². The van der Waals surface area contributed by atoms with Crippen molar-refractivity contribution in [1.29, 1.82) is 0 Å². The molecular formula is C10H10Cl2O3S. The van der Waals surface area contributed by atoms with Crippen LogP contribution in [-0.2, 0) is 9.84 Å². The summed E-state index contributed by atoms with van der Waals surface area (Å²) in [5.41, 5.74) is 0.176. The maximum atomic E-state index is 11.9. The van der Waals surface area contributed by atoms with Crippen LogP contribution in [0.2, 0.25) is 5.02 Å². The molecule has 1 aromatic carbocycles. The van der Waals surface area contributed by atoms with Gasteiger partial charge in [0.2, 0.25) is 4.21 Å². The highest BCUT2D eigenvalue weighted by Gasteiger charge is 2.41. The second-order valence-electron chi connectivity index (χ2n) is 3.53. The Labute approximate surface area is 104 Å². The van der Waals surface area contributed by atoms with Gasteiger partial charge in [0.1, 0.15) is 0 Å². The van der Waals surface area contributed by atoms with Gasteiger partial charge >= 0.3 is 0 Å². The lowest BCUT2D eigenvalue weighted by Crippen LogP contribution is -2.37. The normalized spacial score (nSPS) is 15.5. The van der Waals surface area contributed by atoms with E-state index in [1.165, 1.54) is 12.1 Å². The molecular weight excluding hydrogens is 271 g/mol. The van der Waals surface area contributed by atoms with E-state index in [9.17, 15) is 13.2 Å². The van der Waals surface area contributed by atoms with Gasteiger partial charge < -0.3 is 0 Å². The number of hydrogen-bond donors (Lipinski definition) is 0. The molecule has 0 aromatic heterocycles. The molecule has 0 heterocycles. The van der Waals surface area contributed by atoms with Gasteiger partial charge in [0.05, 0.1) is 0 Å². The molecule has 1 aromatic rings. The summed E-state index contributed by atoms with van der Waals surface area (Å²) in [7, 11) is -3.69. The van der Waals surface area contributed by atoms with E-state index in [0.29, 0.717) is 5.02 Å². The topological polar surface area (TPSA) is 51.2 Å². The van der Waals surface area contributed by atoms with Crippen molar-refractivity contribution in [3.8, 4) is 0 Å². The molecule has 0 fully saturated rings. The molecule has 0 bridgehead atoms. The van der Waals surface area contributed by atoms with E-state index < -0.39 is 19.8 Å². The van der Waals surface area contributed by atoms with Crippen LogP contribution in [0.15, 0.2) is 24.3 Å². The lowest BCUT2D eigenvalue weighted by atomic mass is 10.1. The van der Waals surface area contributed by atoms with Crippen molar-refractivity contribution < 1.29 is 13.2 Å². The molecule has 1 rings (SSSR count). The van der Waals surface area contributed by atoms with Gasteiger partial charge in [-0.2, -0.15) is 0 Å². The van der Waals surface area contributed by atoms with Crippen LogP contribution in [0.1, 0.15) is 17.3 Å². The Morgan fingerprint density at radius 3 is 2.38 bits per heavy atom. The molecule has 0 aliphatic heterocycles. The Bertz CT molecular complexity index is 521. The summed E-state index contributed by atoms with van der Waals surface area (Å²) >= 11 is 11.5. The summed E-state index contributed by atoms with van der Waals surface area (Å²) in [4.78, 5) is 11.9. The molecule has 16 heavy (non-hydrogen) atoms. The first-order valence-corrected chi connectivity index (χ1v) is 7.00. The Morgan fingerprint density at radius 1 is 1.38 bits per heavy atom. The molecule has 0 radical (unpaired) electrons. The van der Waals surface area contributed by atoms with Crippen molar-refractivity contribution in [2.45, 2.75) is 11.1 Å². The van der Waals surface area contributed by atoms with E-state index in [0.717, 1.165) is 13.2 Å².